The number of carbonyl (C=O) groups excluding carboxylic acids is 2. The van der Waals surface area contributed by atoms with Gasteiger partial charge in [0, 0.05) is 6.04 Å². The van der Waals surface area contributed by atoms with Crippen LogP contribution in [0.3, 0.4) is 0 Å². The second kappa shape index (κ2) is 3.59. The average Bonchev–Trinajstić information content (AvgIpc) is 2.06. The first kappa shape index (κ1) is 9.49. The van der Waals surface area contributed by atoms with Crippen molar-refractivity contribution in [2.24, 2.45) is 5.92 Å². The molecular weight excluding hydrogens is 180 g/mol. The van der Waals surface area contributed by atoms with Crippen LogP contribution in [0.5, 0.6) is 0 Å². The Morgan fingerprint density at radius 1 is 1.43 bits per heavy atom. The molecule has 0 radical (unpaired) electrons. The van der Waals surface area contributed by atoms with Gasteiger partial charge in [0.2, 0.25) is 11.8 Å². The van der Waals surface area contributed by atoms with Crippen molar-refractivity contribution < 1.29 is 9.59 Å². The number of rotatable bonds is 2. The van der Waals surface area contributed by atoms with Gasteiger partial charge >= 0.3 is 0 Å². The van der Waals surface area contributed by atoms with E-state index in [0.29, 0.717) is 5.92 Å². The smallest absolute Gasteiger partial charge is 0.242 e. The minimum atomic E-state index is -0.0317. The molecule has 2 aliphatic rings. The molecule has 4 nitrogen and oxygen atoms in total. The van der Waals surface area contributed by atoms with Crippen LogP contribution >= 0.6 is 0 Å². The van der Waals surface area contributed by atoms with Gasteiger partial charge in [-0.3, -0.25) is 9.59 Å². The Balaban J connectivity index is 1.99. The predicted molar refractivity (Wildman–Crippen MR) is 51.5 cm³/mol. The van der Waals surface area contributed by atoms with Crippen molar-refractivity contribution in [1.82, 2.24) is 10.2 Å². The summed E-state index contributed by atoms with van der Waals surface area (Å²) >= 11 is 0. The van der Waals surface area contributed by atoms with Crippen LogP contribution in [0.25, 0.3) is 0 Å². The van der Waals surface area contributed by atoms with E-state index in [0.717, 1.165) is 0 Å². The van der Waals surface area contributed by atoms with Crippen LogP contribution in [0.2, 0.25) is 0 Å². The molecule has 0 bridgehead atoms. The van der Waals surface area contributed by atoms with Gasteiger partial charge in [0.25, 0.3) is 0 Å². The maximum absolute atomic E-state index is 11.5. The summed E-state index contributed by atoms with van der Waals surface area (Å²) in [4.78, 5) is 24.4. The topological polar surface area (TPSA) is 49.4 Å². The zero-order valence-electron chi connectivity index (χ0n) is 8.45. The Morgan fingerprint density at radius 3 is 2.71 bits per heavy atom. The van der Waals surface area contributed by atoms with Crippen LogP contribution in [0, 0.1) is 5.92 Å². The molecule has 4 heteroatoms. The second-order valence-electron chi connectivity index (χ2n) is 4.23. The van der Waals surface area contributed by atoms with E-state index in [9.17, 15) is 9.59 Å². The molecule has 2 fully saturated rings. The van der Waals surface area contributed by atoms with Crippen LogP contribution in [0.15, 0.2) is 0 Å². The summed E-state index contributed by atoms with van der Waals surface area (Å²) in [6, 6.07) is 0.238. The zero-order chi connectivity index (χ0) is 10.1. The van der Waals surface area contributed by atoms with E-state index in [1.54, 1.807) is 4.90 Å². The van der Waals surface area contributed by atoms with Gasteiger partial charge in [-0.1, -0.05) is 6.42 Å². The van der Waals surface area contributed by atoms with Gasteiger partial charge in [0.15, 0.2) is 0 Å². The van der Waals surface area contributed by atoms with Gasteiger partial charge in [-0.05, 0) is 25.7 Å². The molecule has 0 spiro atoms. The molecule has 1 unspecified atom stereocenters. The number of hydrogen-bond acceptors (Lipinski definition) is 2. The predicted octanol–water partition coefficient (Wildman–Crippen LogP) is 0.133. The molecule has 2 amide bonds. The Hall–Kier alpha value is -1.06. The molecule has 1 N–H and O–H groups in total. The molecule has 1 saturated heterocycles. The molecule has 1 aliphatic heterocycles. The number of carbonyl (C=O) groups is 2. The van der Waals surface area contributed by atoms with Crippen molar-refractivity contribution in [2.45, 2.75) is 32.2 Å². The second-order valence-corrected chi connectivity index (χ2v) is 4.23. The summed E-state index contributed by atoms with van der Waals surface area (Å²) in [5, 5.41) is 2.56. The monoisotopic (exact) mass is 196 g/mol. The first-order chi connectivity index (χ1) is 6.68. The molecule has 1 atom stereocenters. The Bertz CT molecular complexity index is 261. The summed E-state index contributed by atoms with van der Waals surface area (Å²) in [5.74, 6) is 0.643. The molecular formula is C10H16N2O2. The first-order valence-electron chi connectivity index (χ1n) is 5.24. The SMILES string of the molecule is CC(C1CCC1)N1CC(=O)NCC1=O. The van der Waals surface area contributed by atoms with Crippen LogP contribution in [-0.2, 0) is 9.59 Å². The third-order valence-electron chi connectivity index (χ3n) is 3.39. The summed E-state index contributed by atoms with van der Waals surface area (Å²) in [6.07, 6.45) is 3.67. The summed E-state index contributed by atoms with van der Waals surface area (Å²) in [6.45, 7) is 2.48. The highest BCUT2D eigenvalue weighted by Gasteiger charge is 2.33. The number of amides is 2. The van der Waals surface area contributed by atoms with Crippen LogP contribution < -0.4 is 5.32 Å². The summed E-state index contributed by atoms with van der Waals surface area (Å²) in [5.41, 5.74) is 0. The minimum absolute atomic E-state index is 0.0317. The third kappa shape index (κ3) is 1.61. The van der Waals surface area contributed by atoms with Gasteiger partial charge in [0.05, 0.1) is 13.1 Å². The maximum atomic E-state index is 11.5. The molecule has 0 aromatic rings. The lowest BCUT2D eigenvalue weighted by atomic mass is 9.79. The quantitative estimate of drug-likeness (QED) is 0.682. The molecule has 1 heterocycles. The first-order valence-corrected chi connectivity index (χ1v) is 5.24. The van der Waals surface area contributed by atoms with E-state index in [4.69, 9.17) is 0 Å². The van der Waals surface area contributed by atoms with E-state index in [2.05, 4.69) is 12.2 Å². The van der Waals surface area contributed by atoms with E-state index < -0.39 is 0 Å². The summed E-state index contributed by atoms with van der Waals surface area (Å²) in [7, 11) is 0. The molecule has 1 saturated carbocycles. The van der Waals surface area contributed by atoms with Gasteiger partial charge in [0.1, 0.15) is 0 Å². The van der Waals surface area contributed by atoms with Crippen molar-refractivity contribution in [3.63, 3.8) is 0 Å². The average molecular weight is 196 g/mol. The third-order valence-corrected chi connectivity index (χ3v) is 3.39. The molecule has 0 aromatic heterocycles. The van der Waals surface area contributed by atoms with E-state index in [1.807, 2.05) is 0 Å². The molecule has 14 heavy (non-hydrogen) atoms. The normalized spacial score (nSPS) is 25.6. The van der Waals surface area contributed by atoms with Crippen molar-refractivity contribution >= 4 is 11.8 Å². The van der Waals surface area contributed by atoms with E-state index in [-0.39, 0.29) is 30.9 Å². The lowest BCUT2D eigenvalue weighted by Crippen LogP contribution is -2.56. The molecule has 1 aliphatic carbocycles. The van der Waals surface area contributed by atoms with Crippen molar-refractivity contribution in [3.05, 3.63) is 0 Å². The highest BCUT2D eigenvalue weighted by Crippen LogP contribution is 2.32. The number of nitrogens with one attached hydrogen (secondary N) is 1. The van der Waals surface area contributed by atoms with Gasteiger partial charge in [-0.15, -0.1) is 0 Å². The molecule has 78 valence electrons. The summed E-state index contributed by atoms with van der Waals surface area (Å²) < 4.78 is 0. The fraction of sp³-hybridized carbons (Fsp3) is 0.800. The van der Waals surface area contributed by atoms with Crippen LogP contribution in [-0.4, -0.2) is 35.8 Å². The molecule has 0 aromatic carbocycles. The van der Waals surface area contributed by atoms with E-state index >= 15 is 0 Å². The highest BCUT2D eigenvalue weighted by atomic mass is 16.2. The fourth-order valence-corrected chi connectivity index (χ4v) is 2.12. The number of piperazine rings is 1. The van der Waals surface area contributed by atoms with Crippen molar-refractivity contribution in [2.75, 3.05) is 13.1 Å². The standard InChI is InChI=1S/C10H16N2O2/c1-7(8-3-2-4-8)12-6-9(13)11-5-10(12)14/h7-8H,2-6H2,1H3,(H,11,13). The van der Waals surface area contributed by atoms with E-state index in [1.165, 1.54) is 19.3 Å². The maximum Gasteiger partial charge on any atom is 0.242 e. The van der Waals surface area contributed by atoms with Gasteiger partial charge < -0.3 is 10.2 Å². The zero-order valence-corrected chi connectivity index (χ0v) is 8.45. The van der Waals surface area contributed by atoms with Crippen molar-refractivity contribution in [1.29, 1.82) is 0 Å². The fourth-order valence-electron chi connectivity index (χ4n) is 2.12. The van der Waals surface area contributed by atoms with Crippen LogP contribution in [0.1, 0.15) is 26.2 Å². The van der Waals surface area contributed by atoms with Gasteiger partial charge in [-0.25, -0.2) is 0 Å². The Kier molecular flexibility index (Phi) is 2.44. The van der Waals surface area contributed by atoms with Crippen LogP contribution in [0.4, 0.5) is 0 Å². The Morgan fingerprint density at radius 2 is 2.14 bits per heavy atom. The highest BCUT2D eigenvalue weighted by molar-refractivity contribution is 5.92. The van der Waals surface area contributed by atoms with Crippen molar-refractivity contribution in [3.8, 4) is 0 Å². The number of hydrogen-bond donors (Lipinski definition) is 1. The lowest BCUT2D eigenvalue weighted by Gasteiger charge is -2.40. The number of nitrogens with zero attached hydrogens (tertiary/aromatic N) is 1. The molecule has 2 rings (SSSR count). The largest absolute Gasteiger partial charge is 0.345 e. The minimum Gasteiger partial charge on any atom is -0.345 e. The van der Waals surface area contributed by atoms with Gasteiger partial charge in [-0.2, -0.15) is 0 Å². The Labute approximate surface area is 83.6 Å². The lowest BCUT2D eigenvalue weighted by molar-refractivity contribution is -0.144.